The van der Waals surface area contributed by atoms with Crippen LogP contribution in [-0.2, 0) is 6.54 Å². The van der Waals surface area contributed by atoms with Crippen LogP contribution in [0.2, 0.25) is 0 Å². The zero-order valence-electron chi connectivity index (χ0n) is 25.5. The van der Waals surface area contributed by atoms with Crippen molar-refractivity contribution < 1.29 is 0 Å². The van der Waals surface area contributed by atoms with Crippen LogP contribution in [-0.4, -0.2) is 6.21 Å². The van der Waals surface area contributed by atoms with Crippen molar-refractivity contribution in [2.45, 2.75) is 19.9 Å². The topological polar surface area (TPSA) is 62.4 Å². The van der Waals surface area contributed by atoms with Gasteiger partial charge in [-0.3, -0.25) is 4.99 Å². The van der Waals surface area contributed by atoms with Gasteiger partial charge in [0.15, 0.2) is 0 Å². The SMILES string of the molecule is CC1CC=CC(Nc2ccccc2)=C1c1ccc(Nc2cccc(CN=CC(=CN)c3ccccc3)c2)c(-c2ccccc2)c1. The van der Waals surface area contributed by atoms with Crippen LogP contribution in [0.15, 0.2) is 163 Å². The molecule has 4 N–H and O–H groups in total. The lowest BCUT2D eigenvalue weighted by molar-refractivity contribution is 0.752. The van der Waals surface area contributed by atoms with Gasteiger partial charge in [0.1, 0.15) is 0 Å². The first-order valence-electron chi connectivity index (χ1n) is 15.4. The molecule has 0 aromatic heterocycles. The van der Waals surface area contributed by atoms with Gasteiger partial charge in [0.25, 0.3) is 0 Å². The van der Waals surface area contributed by atoms with Crippen molar-refractivity contribution in [3.8, 4) is 11.1 Å². The highest BCUT2D eigenvalue weighted by atomic mass is 14.9. The fraction of sp³-hybridized carbons (Fsp3) is 0.0976. The minimum atomic E-state index is 0.386. The van der Waals surface area contributed by atoms with Gasteiger partial charge in [0.2, 0.25) is 0 Å². The predicted octanol–water partition coefficient (Wildman–Crippen LogP) is 10.1. The molecule has 0 saturated carbocycles. The smallest absolute Gasteiger partial charge is 0.0640 e. The molecule has 4 nitrogen and oxygen atoms in total. The Labute approximate surface area is 266 Å². The molecule has 0 heterocycles. The minimum Gasteiger partial charge on any atom is -0.404 e. The molecule has 0 spiro atoms. The minimum absolute atomic E-state index is 0.386. The molecule has 1 atom stereocenters. The van der Waals surface area contributed by atoms with E-state index in [-0.39, 0.29) is 0 Å². The van der Waals surface area contributed by atoms with Crippen molar-refractivity contribution in [1.29, 1.82) is 0 Å². The summed E-state index contributed by atoms with van der Waals surface area (Å²) in [5, 5.41) is 7.38. The zero-order valence-corrected chi connectivity index (χ0v) is 25.5. The van der Waals surface area contributed by atoms with E-state index in [1.54, 1.807) is 6.20 Å². The summed E-state index contributed by atoms with van der Waals surface area (Å²) < 4.78 is 0. The molecule has 1 aliphatic carbocycles. The van der Waals surface area contributed by atoms with E-state index >= 15 is 0 Å². The standard InChI is InChI=1S/C41H38N4/c1-30-13-11-22-40(44-36-19-9-4-10-20-36)41(30)34-23-24-39(38(26-34)33-17-7-3-8-18-33)45-37-21-12-14-31(25-37)28-43-29-35(27-42)32-15-5-2-6-16-32/h2-12,14-27,29-30,44-45H,13,28,42H2,1H3. The van der Waals surface area contributed by atoms with Gasteiger partial charge < -0.3 is 16.4 Å². The number of anilines is 3. The number of nitrogens with one attached hydrogen (secondary N) is 2. The van der Waals surface area contributed by atoms with Crippen LogP contribution in [0.3, 0.4) is 0 Å². The molecule has 5 aromatic carbocycles. The first-order valence-corrected chi connectivity index (χ1v) is 15.4. The van der Waals surface area contributed by atoms with E-state index in [2.05, 4.69) is 127 Å². The maximum absolute atomic E-state index is 5.89. The Balaban J connectivity index is 1.29. The van der Waals surface area contributed by atoms with Gasteiger partial charge in [-0.2, -0.15) is 0 Å². The molecule has 45 heavy (non-hydrogen) atoms. The molecule has 0 radical (unpaired) electrons. The summed E-state index contributed by atoms with van der Waals surface area (Å²) in [5.74, 6) is 0.386. The lowest BCUT2D eigenvalue weighted by Crippen LogP contribution is -2.11. The molecule has 1 aliphatic rings. The predicted molar refractivity (Wildman–Crippen MR) is 192 cm³/mol. The van der Waals surface area contributed by atoms with Gasteiger partial charge in [0.05, 0.1) is 6.54 Å². The first-order chi connectivity index (χ1) is 22.2. The highest BCUT2D eigenvalue weighted by Crippen LogP contribution is 2.39. The molecule has 4 heteroatoms. The fourth-order valence-electron chi connectivity index (χ4n) is 5.76. The average molecular weight is 587 g/mol. The summed E-state index contributed by atoms with van der Waals surface area (Å²) in [7, 11) is 0. The highest BCUT2D eigenvalue weighted by molar-refractivity contribution is 6.09. The molecule has 1 unspecified atom stereocenters. The van der Waals surface area contributed by atoms with Crippen molar-refractivity contribution in [2.75, 3.05) is 10.6 Å². The molecule has 0 fully saturated rings. The number of nitrogens with zero attached hydrogens (tertiary/aromatic N) is 1. The number of benzene rings is 5. The van der Waals surface area contributed by atoms with E-state index in [0.717, 1.165) is 51.4 Å². The van der Waals surface area contributed by atoms with Crippen molar-refractivity contribution in [3.05, 3.63) is 174 Å². The van der Waals surface area contributed by atoms with Gasteiger partial charge in [-0.1, -0.05) is 110 Å². The molecule has 0 saturated heterocycles. The van der Waals surface area contributed by atoms with Gasteiger partial charge in [-0.05, 0) is 82.6 Å². The summed E-state index contributed by atoms with van der Waals surface area (Å²) in [6.07, 6.45) is 8.95. The number of allylic oxidation sites excluding steroid dienone is 4. The third-order valence-corrected chi connectivity index (χ3v) is 8.02. The molecule has 0 bridgehead atoms. The monoisotopic (exact) mass is 586 g/mol. The largest absolute Gasteiger partial charge is 0.404 e. The summed E-state index contributed by atoms with van der Waals surface area (Å²) in [5.41, 5.74) is 18.1. The van der Waals surface area contributed by atoms with E-state index in [1.165, 1.54) is 16.7 Å². The van der Waals surface area contributed by atoms with Crippen molar-refractivity contribution in [1.82, 2.24) is 0 Å². The Morgan fingerprint density at radius 1 is 0.756 bits per heavy atom. The third-order valence-electron chi connectivity index (χ3n) is 8.02. The number of hydrogen-bond donors (Lipinski definition) is 3. The number of aliphatic imine (C=N–C) groups is 1. The molecule has 0 aliphatic heterocycles. The average Bonchev–Trinajstić information content (AvgIpc) is 3.09. The summed E-state index contributed by atoms with van der Waals surface area (Å²) >= 11 is 0. The summed E-state index contributed by atoms with van der Waals surface area (Å²) in [4.78, 5) is 4.69. The molecular weight excluding hydrogens is 548 g/mol. The van der Waals surface area contributed by atoms with Crippen LogP contribution in [0, 0.1) is 5.92 Å². The maximum atomic E-state index is 5.89. The van der Waals surface area contributed by atoms with Gasteiger partial charge >= 0.3 is 0 Å². The van der Waals surface area contributed by atoms with E-state index in [0.29, 0.717) is 12.5 Å². The van der Waals surface area contributed by atoms with Crippen LogP contribution >= 0.6 is 0 Å². The van der Waals surface area contributed by atoms with Crippen LogP contribution in [0.4, 0.5) is 17.1 Å². The highest BCUT2D eigenvalue weighted by Gasteiger charge is 2.20. The van der Waals surface area contributed by atoms with Crippen LogP contribution in [0.1, 0.15) is 30.0 Å². The van der Waals surface area contributed by atoms with Crippen LogP contribution in [0.5, 0.6) is 0 Å². The van der Waals surface area contributed by atoms with E-state index in [4.69, 9.17) is 10.7 Å². The second kappa shape index (κ2) is 14.2. The Morgan fingerprint density at radius 3 is 2.22 bits per heavy atom. The van der Waals surface area contributed by atoms with Crippen molar-refractivity contribution in [3.63, 3.8) is 0 Å². The normalized spacial score (nSPS) is 15.0. The molecule has 222 valence electrons. The molecular formula is C41H38N4. The summed E-state index contributed by atoms with van der Waals surface area (Å²) in [6, 6.07) is 46.3. The summed E-state index contributed by atoms with van der Waals surface area (Å²) in [6.45, 7) is 2.86. The third kappa shape index (κ3) is 7.31. The fourth-order valence-corrected chi connectivity index (χ4v) is 5.76. The van der Waals surface area contributed by atoms with Crippen molar-refractivity contribution in [2.24, 2.45) is 16.6 Å². The van der Waals surface area contributed by atoms with Gasteiger partial charge in [-0.25, -0.2) is 0 Å². The molecule has 6 rings (SSSR count). The maximum Gasteiger partial charge on any atom is 0.0640 e. The second-order valence-electron chi connectivity index (χ2n) is 11.3. The van der Waals surface area contributed by atoms with Gasteiger partial charge in [-0.15, -0.1) is 0 Å². The second-order valence-corrected chi connectivity index (χ2v) is 11.3. The van der Waals surface area contributed by atoms with Crippen LogP contribution in [0.25, 0.3) is 22.3 Å². The number of nitrogens with two attached hydrogens (primary N) is 1. The zero-order chi connectivity index (χ0) is 30.8. The van der Waals surface area contributed by atoms with E-state index in [9.17, 15) is 0 Å². The first kappa shape index (κ1) is 29.5. The Hall–Kier alpha value is -5.61. The molecule has 5 aromatic rings. The number of rotatable bonds is 10. The Bertz CT molecular complexity index is 1850. The van der Waals surface area contributed by atoms with Crippen molar-refractivity contribution >= 4 is 34.4 Å². The Kier molecular flexibility index (Phi) is 9.32. The Morgan fingerprint density at radius 2 is 1.47 bits per heavy atom. The lowest BCUT2D eigenvalue weighted by Gasteiger charge is -2.25. The van der Waals surface area contributed by atoms with Crippen LogP contribution < -0.4 is 16.4 Å². The van der Waals surface area contributed by atoms with Gasteiger partial charge in [0, 0.05) is 46.3 Å². The number of hydrogen-bond acceptors (Lipinski definition) is 4. The lowest BCUT2D eigenvalue weighted by atomic mass is 9.85. The number of para-hydroxylation sites is 1. The van der Waals surface area contributed by atoms with E-state index in [1.807, 2.05) is 42.6 Å². The quantitative estimate of drug-likeness (QED) is 0.143. The van der Waals surface area contributed by atoms with E-state index < -0.39 is 0 Å². The molecule has 0 amide bonds.